The molecule has 0 atom stereocenters. The molecule has 7 rings (SSSR count). The van der Waals surface area contributed by atoms with Crippen molar-refractivity contribution in [1.29, 1.82) is 0 Å². The summed E-state index contributed by atoms with van der Waals surface area (Å²) in [6.45, 7) is 0.190. The number of aromatic nitrogens is 3. The van der Waals surface area contributed by atoms with Crippen molar-refractivity contribution < 1.29 is 24.0 Å². The summed E-state index contributed by atoms with van der Waals surface area (Å²) in [4.78, 5) is 34.4. The number of carbonyl (C=O) groups excluding carboxylic acids is 1. The van der Waals surface area contributed by atoms with Crippen LogP contribution in [-0.2, 0) is 16.8 Å². The van der Waals surface area contributed by atoms with E-state index < -0.39 is 11.4 Å². The third kappa shape index (κ3) is 3.87. The number of anilines is 2. The van der Waals surface area contributed by atoms with Gasteiger partial charge in [-0.2, -0.15) is 0 Å². The van der Waals surface area contributed by atoms with Crippen LogP contribution in [0.2, 0.25) is 10.0 Å². The highest BCUT2D eigenvalue weighted by molar-refractivity contribution is 6.39. The van der Waals surface area contributed by atoms with E-state index in [1.807, 2.05) is 12.1 Å². The van der Waals surface area contributed by atoms with Gasteiger partial charge in [-0.3, -0.25) is 4.79 Å². The van der Waals surface area contributed by atoms with Crippen LogP contribution < -0.4 is 9.64 Å². The zero-order valence-corrected chi connectivity index (χ0v) is 21.9. The number of amides is 1. The van der Waals surface area contributed by atoms with E-state index in [2.05, 4.69) is 15.1 Å². The van der Waals surface area contributed by atoms with Gasteiger partial charge in [0.1, 0.15) is 23.8 Å². The van der Waals surface area contributed by atoms with Crippen LogP contribution in [0.15, 0.2) is 53.3 Å². The largest absolute Gasteiger partial charge is 0.489 e. The van der Waals surface area contributed by atoms with Crippen LogP contribution in [0.3, 0.4) is 0 Å². The van der Waals surface area contributed by atoms with Gasteiger partial charge in [-0.05, 0) is 61.6 Å². The molecule has 2 aliphatic carbocycles. The van der Waals surface area contributed by atoms with Gasteiger partial charge in [0.05, 0.1) is 32.3 Å². The van der Waals surface area contributed by atoms with E-state index in [1.54, 1.807) is 24.3 Å². The lowest BCUT2D eigenvalue weighted by Crippen LogP contribution is -2.29. The Labute approximate surface area is 232 Å². The fourth-order valence-corrected chi connectivity index (χ4v) is 5.76. The Hall–Kier alpha value is -3.95. The van der Waals surface area contributed by atoms with Crippen molar-refractivity contribution in [2.24, 2.45) is 0 Å². The highest BCUT2D eigenvalue weighted by Gasteiger charge is 2.60. The van der Waals surface area contributed by atoms with Gasteiger partial charge in [-0.15, -0.1) is 0 Å². The van der Waals surface area contributed by atoms with Crippen LogP contribution in [0, 0.1) is 0 Å². The molecule has 39 heavy (non-hydrogen) atoms. The number of halogens is 2. The number of carboxylic acids is 1. The zero-order chi connectivity index (χ0) is 26.9. The quantitative estimate of drug-likeness (QED) is 0.278. The number of fused-ring (bicyclic) bond motifs is 2. The van der Waals surface area contributed by atoms with Gasteiger partial charge in [-0.1, -0.05) is 34.4 Å². The molecular weight excluding hydrogens is 543 g/mol. The number of benzene rings is 2. The number of nitrogens with zero attached hydrogens (tertiary/aromatic N) is 4. The smallest absolute Gasteiger partial charge is 0.338 e. The van der Waals surface area contributed by atoms with E-state index in [0.717, 1.165) is 29.7 Å². The highest BCUT2D eigenvalue weighted by atomic mass is 35.5. The fourth-order valence-electron chi connectivity index (χ4n) is 5.18. The van der Waals surface area contributed by atoms with Crippen LogP contribution in [0.1, 0.15) is 58.8 Å². The molecule has 2 fully saturated rings. The molecule has 3 aliphatic rings. The van der Waals surface area contributed by atoms with Gasteiger partial charge < -0.3 is 14.4 Å². The molecule has 11 heteroatoms. The van der Waals surface area contributed by atoms with Crippen molar-refractivity contribution >= 4 is 46.7 Å². The van der Waals surface area contributed by atoms with Crippen molar-refractivity contribution in [3.8, 4) is 17.0 Å². The normalized spacial score (nSPS) is 17.0. The van der Waals surface area contributed by atoms with Crippen LogP contribution in [-0.4, -0.2) is 32.1 Å². The Morgan fingerprint density at radius 3 is 2.49 bits per heavy atom. The molecule has 1 N–H and O–H groups in total. The summed E-state index contributed by atoms with van der Waals surface area (Å²) >= 11 is 13.0. The molecule has 2 saturated carbocycles. The van der Waals surface area contributed by atoms with Crippen molar-refractivity contribution in [1.82, 2.24) is 15.1 Å². The summed E-state index contributed by atoms with van der Waals surface area (Å²) in [5.74, 6) is 0.555. The second-order valence-corrected chi connectivity index (χ2v) is 10.8. The molecule has 196 valence electrons. The molecule has 3 heterocycles. The topological polar surface area (TPSA) is 119 Å². The maximum atomic E-state index is 13.5. The lowest BCUT2D eigenvalue weighted by atomic mass is 9.98. The number of ether oxygens (including phenoxy) is 1. The predicted molar refractivity (Wildman–Crippen MR) is 142 cm³/mol. The molecule has 0 radical (unpaired) electrons. The lowest BCUT2D eigenvalue weighted by molar-refractivity contribution is -0.119. The van der Waals surface area contributed by atoms with Crippen LogP contribution in [0.4, 0.5) is 11.6 Å². The van der Waals surface area contributed by atoms with Gasteiger partial charge in [0.15, 0.2) is 0 Å². The first-order valence-electron chi connectivity index (χ1n) is 12.5. The number of hydrogen-bond acceptors (Lipinski definition) is 7. The van der Waals surface area contributed by atoms with Gasteiger partial charge in [-0.25, -0.2) is 19.7 Å². The molecule has 1 spiro atoms. The average molecular weight is 563 g/mol. The standard InChI is InChI=1S/C28H20Cl2N4O5/c29-19-2-1-3-20(30)22(19)23-17(24(39-33-23)14-4-5-14)13-38-16-6-7-21-18(10-16)28(8-9-28)26(37)34(21)27-31-11-15(12-32-27)25(35)36/h1-3,6-7,10-12,14H,4-5,8-9,13H2,(H,35,36). The predicted octanol–water partition coefficient (Wildman–Crippen LogP) is 6.30. The molecule has 0 bridgehead atoms. The third-order valence-corrected chi connectivity index (χ3v) is 8.15. The summed E-state index contributed by atoms with van der Waals surface area (Å²) < 4.78 is 12.0. The first kappa shape index (κ1) is 24.1. The summed E-state index contributed by atoms with van der Waals surface area (Å²) in [6, 6.07) is 10.8. The molecule has 1 aliphatic heterocycles. The Morgan fingerprint density at radius 1 is 1.13 bits per heavy atom. The first-order valence-corrected chi connectivity index (χ1v) is 13.2. The summed E-state index contributed by atoms with van der Waals surface area (Å²) in [5.41, 5.74) is 2.80. The van der Waals surface area contributed by atoms with E-state index >= 15 is 0 Å². The number of carboxylic acid groups (broad SMARTS) is 1. The average Bonchev–Trinajstić information content (AvgIpc) is 3.85. The maximum Gasteiger partial charge on any atom is 0.338 e. The van der Waals surface area contributed by atoms with Crippen LogP contribution in [0.25, 0.3) is 11.3 Å². The van der Waals surface area contributed by atoms with Crippen molar-refractivity contribution in [3.63, 3.8) is 0 Å². The van der Waals surface area contributed by atoms with Gasteiger partial charge in [0.25, 0.3) is 0 Å². The highest BCUT2D eigenvalue weighted by Crippen LogP contribution is 2.59. The summed E-state index contributed by atoms with van der Waals surface area (Å²) in [5, 5.41) is 14.4. The van der Waals surface area contributed by atoms with Crippen LogP contribution >= 0.6 is 23.2 Å². The Morgan fingerprint density at radius 2 is 1.85 bits per heavy atom. The molecule has 0 unspecified atom stereocenters. The second kappa shape index (κ2) is 8.79. The molecule has 2 aromatic carbocycles. The van der Waals surface area contributed by atoms with Crippen molar-refractivity contribution in [2.45, 2.75) is 43.6 Å². The van der Waals surface area contributed by atoms with Crippen LogP contribution in [0.5, 0.6) is 5.75 Å². The van der Waals surface area contributed by atoms with Gasteiger partial charge in [0.2, 0.25) is 11.9 Å². The Kier molecular flexibility index (Phi) is 5.43. The lowest BCUT2D eigenvalue weighted by Gasteiger charge is -2.16. The van der Waals surface area contributed by atoms with Gasteiger partial charge >= 0.3 is 5.97 Å². The monoisotopic (exact) mass is 562 g/mol. The summed E-state index contributed by atoms with van der Waals surface area (Å²) in [6.07, 6.45) is 5.86. The van der Waals surface area contributed by atoms with E-state index in [9.17, 15) is 9.59 Å². The number of rotatable bonds is 7. The zero-order valence-electron chi connectivity index (χ0n) is 20.4. The minimum atomic E-state index is -1.13. The fraction of sp³-hybridized carbons (Fsp3) is 0.250. The van der Waals surface area contributed by atoms with E-state index in [4.69, 9.17) is 37.6 Å². The maximum absolute atomic E-state index is 13.5. The molecule has 1 amide bonds. The minimum Gasteiger partial charge on any atom is -0.489 e. The van der Waals surface area contributed by atoms with E-state index in [-0.39, 0.29) is 24.0 Å². The number of hydrogen-bond donors (Lipinski definition) is 1. The Balaban J connectivity index is 1.21. The number of carbonyl (C=O) groups is 2. The van der Waals surface area contributed by atoms with Crippen molar-refractivity contribution in [2.75, 3.05) is 4.90 Å². The molecular formula is C28H20Cl2N4O5. The molecule has 0 saturated heterocycles. The third-order valence-electron chi connectivity index (χ3n) is 7.52. The molecule has 4 aromatic rings. The van der Waals surface area contributed by atoms with Gasteiger partial charge in [0, 0.05) is 23.9 Å². The molecule has 2 aromatic heterocycles. The Bertz CT molecular complexity index is 1640. The van der Waals surface area contributed by atoms with E-state index in [0.29, 0.717) is 51.5 Å². The summed E-state index contributed by atoms with van der Waals surface area (Å²) in [7, 11) is 0. The minimum absolute atomic E-state index is 0.0488. The van der Waals surface area contributed by atoms with E-state index in [1.165, 1.54) is 17.3 Å². The SMILES string of the molecule is O=C(O)c1cnc(N2C(=O)C3(CC3)c3cc(OCc4c(-c5c(Cl)cccc5Cl)noc4C4CC4)ccc32)nc1. The van der Waals surface area contributed by atoms with Crippen molar-refractivity contribution in [3.05, 3.63) is 81.3 Å². The second-order valence-electron chi connectivity index (χ2n) is 10.0. The first-order chi connectivity index (χ1) is 18.9. The number of aromatic carboxylic acids is 1. The molecule has 9 nitrogen and oxygen atoms in total.